The number of amides is 1. The molecular weight excluding hydrogens is 290 g/mol. The lowest BCUT2D eigenvalue weighted by molar-refractivity contribution is -0.156. The Balaban J connectivity index is 1.36. The number of hydrogen-bond acceptors (Lipinski definition) is 3. The zero-order valence-electron chi connectivity index (χ0n) is 14.2. The van der Waals surface area contributed by atoms with E-state index in [2.05, 4.69) is 4.90 Å². The maximum absolute atomic E-state index is 13.1. The molecule has 1 heterocycles. The van der Waals surface area contributed by atoms with Crippen molar-refractivity contribution in [2.24, 2.45) is 35.5 Å². The van der Waals surface area contributed by atoms with Crippen molar-refractivity contribution in [1.29, 1.82) is 0 Å². The quantitative estimate of drug-likeness (QED) is 0.752. The number of nitrogens with zero attached hydrogens (tertiary/aromatic N) is 1. The van der Waals surface area contributed by atoms with E-state index >= 15 is 0 Å². The number of piperidine rings is 1. The van der Waals surface area contributed by atoms with E-state index in [0.717, 1.165) is 37.8 Å². The predicted octanol–water partition coefficient (Wildman–Crippen LogP) is 2.86. The number of likely N-dealkylation sites (tertiary alicyclic amines) is 1. The van der Waals surface area contributed by atoms with Crippen LogP contribution in [0.15, 0.2) is 0 Å². The molecule has 4 saturated carbocycles. The molecule has 0 aromatic heterocycles. The highest BCUT2D eigenvalue weighted by Crippen LogP contribution is 2.56. The topological polar surface area (TPSA) is 46.6 Å². The van der Waals surface area contributed by atoms with Gasteiger partial charge in [-0.15, -0.1) is 0 Å². The molecule has 4 aliphatic carbocycles. The molecule has 1 aliphatic heterocycles. The standard InChI is InChI=1S/C19H29NO3/c1-2-23-19(22)14-3-5-20(6-4-14)18(21)17-15-8-12-7-13(10-15)11-16(17)9-12/h12-17H,2-11H2,1H3. The summed E-state index contributed by atoms with van der Waals surface area (Å²) in [4.78, 5) is 27.0. The van der Waals surface area contributed by atoms with Gasteiger partial charge in [-0.1, -0.05) is 0 Å². The van der Waals surface area contributed by atoms with Gasteiger partial charge in [0.15, 0.2) is 0 Å². The summed E-state index contributed by atoms with van der Waals surface area (Å²) in [6.07, 6.45) is 8.16. The molecule has 1 saturated heterocycles. The maximum atomic E-state index is 13.1. The van der Waals surface area contributed by atoms with Gasteiger partial charge in [-0.3, -0.25) is 9.59 Å². The number of rotatable bonds is 3. The van der Waals surface area contributed by atoms with Gasteiger partial charge in [-0.2, -0.15) is 0 Å². The third-order valence-corrected chi connectivity index (χ3v) is 6.94. The van der Waals surface area contributed by atoms with E-state index in [1.165, 1.54) is 32.1 Å². The molecule has 0 aromatic rings. The van der Waals surface area contributed by atoms with Gasteiger partial charge in [0.1, 0.15) is 0 Å². The van der Waals surface area contributed by atoms with Crippen LogP contribution in [0.2, 0.25) is 0 Å². The normalized spacial score (nSPS) is 39.5. The molecule has 23 heavy (non-hydrogen) atoms. The lowest BCUT2D eigenvalue weighted by atomic mass is 9.51. The molecular formula is C19H29NO3. The van der Waals surface area contributed by atoms with Crippen LogP contribution >= 0.6 is 0 Å². The third kappa shape index (κ3) is 2.78. The molecule has 0 aromatic carbocycles. The molecule has 4 heteroatoms. The average Bonchev–Trinajstić information content (AvgIpc) is 2.54. The second kappa shape index (κ2) is 6.10. The van der Waals surface area contributed by atoms with Crippen LogP contribution in [0.3, 0.4) is 0 Å². The van der Waals surface area contributed by atoms with Crippen molar-refractivity contribution in [2.45, 2.75) is 51.9 Å². The average molecular weight is 319 g/mol. The van der Waals surface area contributed by atoms with Crippen LogP contribution in [0.4, 0.5) is 0 Å². The van der Waals surface area contributed by atoms with E-state index in [1.807, 2.05) is 6.92 Å². The predicted molar refractivity (Wildman–Crippen MR) is 86.5 cm³/mol. The number of carbonyl (C=O) groups excluding carboxylic acids is 2. The van der Waals surface area contributed by atoms with Crippen molar-refractivity contribution in [3.05, 3.63) is 0 Å². The highest BCUT2D eigenvalue weighted by Gasteiger charge is 2.51. The Kier molecular flexibility index (Phi) is 4.10. The Bertz CT molecular complexity index is 453. The van der Waals surface area contributed by atoms with E-state index in [-0.39, 0.29) is 11.9 Å². The van der Waals surface area contributed by atoms with Gasteiger partial charge in [0.05, 0.1) is 12.5 Å². The molecule has 0 spiro atoms. The summed E-state index contributed by atoms with van der Waals surface area (Å²) in [6, 6.07) is 0. The van der Waals surface area contributed by atoms with Gasteiger partial charge in [-0.05, 0) is 75.5 Å². The van der Waals surface area contributed by atoms with Gasteiger partial charge in [0, 0.05) is 19.0 Å². The first-order valence-corrected chi connectivity index (χ1v) is 9.61. The van der Waals surface area contributed by atoms with Crippen LogP contribution in [0, 0.1) is 35.5 Å². The minimum Gasteiger partial charge on any atom is -0.466 e. The molecule has 1 amide bonds. The fourth-order valence-corrected chi connectivity index (χ4v) is 6.13. The summed E-state index contributed by atoms with van der Waals surface area (Å²) in [6.45, 7) is 3.78. The van der Waals surface area contributed by atoms with E-state index in [0.29, 0.717) is 30.3 Å². The molecule has 0 N–H and O–H groups in total. The molecule has 4 nitrogen and oxygen atoms in total. The summed E-state index contributed by atoms with van der Waals surface area (Å²) >= 11 is 0. The van der Waals surface area contributed by atoms with Crippen LogP contribution < -0.4 is 0 Å². The highest BCUT2D eigenvalue weighted by atomic mass is 16.5. The Morgan fingerprint density at radius 1 is 0.957 bits per heavy atom. The lowest BCUT2D eigenvalue weighted by Gasteiger charge is -2.54. The number of ether oxygens (including phenoxy) is 1. The molecule has 5 rings (SSSR count). The monoisotopic (exact) mass is 319 g/mol. The largest absolute Gasteiger partial charge is 0.466 e. The molecule has 4 bridgehead atoms. The Morgan fingerprint density at radius 3 is 2.04 bits per heavy atom. The zero-order chi connectivity index (χ0) is 16.0. The summed E-state index contributed by atoms with van der Waals surface area (Å²) in [5.41, 5.74) is 0. The van der Waals surface area contributed by atoms with Crippen LogP contribution in [0.1, 0.15) is 51.9 Å². The van der Waals surface area contributed by atoms with Gasteiger partial charge in [0.2, 0.25) is 5.91 Å². The third-order valence-electron chi connectivity index (χ3n) is 6.94. The number of esters is 1. The van der Waals surface area contributed by atoms with E-state index in [9.17, 15) is 9.59 Å². The highest BCUT2D eigenvalue weighted by molar-refractivity contribution is 5.80. The minimum atomic E-state index is -0.0748. The van der Waals surface area contributed by atoms with Crippen molar-refractivity contribution in [1.82, 2.24) is 4.90 Å². The Morgan fingerprint density at radius 2 is 1.52 bits per heavy atom. The fraction of sp³-hybridized carbons (Fsp3) is 0.895. The molecule has 0 atom stereocenters. The summed E-state index contributed by atoms with van der Waals surface area (Å²) in [7, 11) is 0. The van der Waals surface area contributed by atoms with Crippen LogP contribution in [0.5, 0.6) is 0 Å². The molecule has 5 fully saturated rings. The molecule has 0 radical (unpaired) electrons. The van der Waals surface area contributed by atoms with E-state index in [1.54, 1.807) is 0 Å². The molecule has 5 aliphatic rings. The van der Waals surface area contributed by atoms with Gasteiger partial charge in [-0.25, -0.2) is 0 Å². The second-order valence-electron chi connectivity index (χ2n) is 8.31. The number of carbonyl (C=O) groups is 2. The number of hydrogen-bond donors (Lipinski definition) is 0. The Labute approximate surface area is 138 Å². The first-order chi connectivity index (χ1) is 11.2. The van der Waals surface area contributed by atoms with E-state index < -0.39 is 0 Å². The summed E-state index contributed by atoms with van der Waals surface area (Å²) in [5.74, 6) is 3.75. The van der Waals surface area contributed by atoms with Crippen molar-refractivity contribution in [2.75, 3.05) is 19.7 Å². The minimum absolute atomic E-state index is 0.00231. The van der Waals surface area contributed by atoms with Crippen molar-refractivity contribution < 1.29 is 14.3 Å². The van der Waals surface area contributed by atoms with Gasteiger partial charge < -0.3 is 9.64 Å². The maximum Gasteiger partial charge on any atom is 0.309 e. The first-order valence-electron chi connectivity index (χ1n) is 9.61. The zero-order valence-corrected chi connectivity index (χ0v) is 14.2. The molecule has 128 valence electrons. The first kappa shape index (κ1) is 15.5. The fourth-order valence-electron chi connectivity index (χ4n) is 6.13. The smallest absolute Gasteiger partial charge is 0.309 e. The van der Waals surface area contributed by atoms with E-state index in [4.69, 9.17) is 4.74 Å². The van der Waals surface area contributed by atoms with Crippen molar-refractivity contribution >= 4 is 11.9 Å². The van der Waals surface area contributed by atoms with Crippen LogP contribution in [0.25, 0.3) is 0 Å². The lowest BCUT2D eigenvalue weighted by Crippen LogP contribution is -2.53. The van der Waals surface area contributed by atoms with Gasteiger partial charge >= 0.3 is 5.97 Å². The van der Waals surface area contributed by atoms with Crippen LogP contribution in [-0.2, 0) is 14.3 Å². The van der Waals surface area contributed by atoms with Gasteiger partial charge in [0.25, 0.3) is 0 Å². The Hall–Kier alpha value is -1.06. The van der Waals surface area contributed by atoms with Crippen LogP contribution in [-0.4, -0.2) is 36.5 Å². The summed E-state index contributed by atoms with van der Waals surface area (Å²) < 4.78 is 5.13. The SMILES string of the molecule is CCOC(=O)C1CCN(C(=O)C2C3CC4CC(C3)CC2C4)CC1. The molecule has 0 unspecified atom stereocenters. The van der Waals surface area contributed by atoms with Crippen molar-refractivity contribution in [3.8, 4) is 0 Å². The van der Waals surface area contributed by atoms with Crippen molar-refractivity contribution in [3.63, 3.8) is 0 Å². The second-order valence-corrected chi connectivity index (χ2v) is 8.31. The summed E-state index contributed by atoms with van der Waals surface area (Å²) in [5, 5.41) is 0.